The Morgan fingerprint density at radius 1 is 0.588 bits per heavy atom. The van der Waals surface area contributed by atoms with Gasteiger partial charge in [-0.15, -0.1) is 0 Å². The monoisotopic (exact) mass is 264 g/mol. The zero-order valence-electron chi connectivity index (χ0n) is 12.9. The highest BCUT2D eigenvalue weighted by Crippen LogP contribution is 2.66. The number of rotatable bonds is 0. The molecule has 0 bridgehead atoms. The summed E-state index contributed by atoms with van der Waals surface area (Å²) >= 11 is 0. The van der Waals surface area contributed by atoms with Gasteiger partial charge in [0, 0.05) is 0 Å². The van der Waals surface area contributed by atoms with Crippen LogP contribution in [0.15, 0.2) is 0 Å². The average Bonchev–Trinajstić information content (AvgIpc) is 1.69. The average molecular weight is 264 g/mol. The largest absolute Gasteiger partial charge is 0.631 e. The first-order chi connectivity index (χ1) is 7.10. The first-order valence-electron chi connectivity index (χ1n) is 5.95. The van der Waals surface area contributed by atoms with E-state index in [2.05, 4.69) is 62.3 Å². The molecule has 17 heavy (non-hydrogen) atoms. The van der Waals surface area contributed by atoms with Crippen LogP contribution in [-0.2, 0) is 0 Å². The lowest BCUT2D eigenvalue weighted by atomic mass is 10.2. The van der Waals surface area contributed by atoms with Crippen molar-refractivity contribution < 1.29 is 15.1 Å². The molecular formula is C12H30BO3P. The zero-order chi connectivity index (χ0) is 14.7. The van der Waals surface area contributed by atoms with Gasteiger partial charge in [0.05, 0.1) is 0 Å². The first kappa shape index (κ1) is 19.7. The molecule has 0 aromatic heterocycles. The highest BCUT2D eigenvalue weighted by Gasteiger charge is 2.41. The van der Waals surface area contributed by atoms with Gasteiger partial charge in [-0.2, -0.15) is 0 Å². The van der Waals surface area contributed by atoms with Gasteiger partial charge >= 0.3 is 7.32 Å². The summed E-state index contributed by atoms with van der Waals surface area (Å²) in [7, 11) is -2.15. The minimum atomic E-state index is -2.17. The molecule has 0 rings (SSSR count). The summed E-state index contributed by atoms with van der Waals surface area (Å²) in [4.78, 5) is 0. The quantitative estimate of drug-likeness (QED) is 0.465. The summed E-state index contributed by atoms with van der Waals surface area (Å²) in [6.07, 6.45) is 0. The molecule has 0 unspecified atom stereocenters. The molecule has 0 heterocycles. The van der Waals surface area contributed by atoms with Gasteiger partial charge in [0.25, 0.3) is 0 Å². The lowest BCUT2D eigenvalue weighted by Gasteiger charge is -2.49. The van der Waals surface area contributed by atoms with E-state index < -0.39 is 7.32 Å². The van der Waals surface area contributed by atoms with E-state index in [-0.39, 0.29) is 7.92 Å². The summed E-state index contributed by atoms with van der Waals surface area (Å²) in [5.74, 6) is 0. The molecule has 0 aliphatic carbocycles. The third-order valence-corrected chi connectivity index (χ3v) is 6.04. The Kier molecular flexibility index (Phi) is 7.55. The SMILES string of the molecule is CC(C)(C)P(C(C)(C)C)C(C)(C)C.OB(O)O. The highest BCUT2D eigenvalue weighted by molar-refractivity contribution is 7.62. The van der Waals surface area contributed by atoms with Gasteiger partial charge in [-0.1, -0.05) is 70.2 Å². The smallest absolute Gasteiger partial charge is 0.402 e. The highest BCUT2D eigenvalue weighted by atomic mass is 31.1. The topological polar surface area (TPSA) is 60.7 Å². The zero-order valence-corrected chi connectivity index (χ0v) is 13.8. The molecule has 0 saturated heterocycles. The molecule has 0 saturated carbocycles. The lowest BCUT2D eigenvalue weighted by Crippen LogP contribution is -2.34. The van der Waals surface area contributed by atoms with Crippen LogP contribution in [0.5, 0.6) is 0 Å². The van der Waals surface area contributed by atoms with Gasteiger partial charge in [0.2, 0.25) is 0 Å². The summed E-state index contributed by atoms with van der Waals surface area (Å²) in [5, 5.41) is 22.9. The lowest BCUT2D eigenvalue weighted by molar-refractivity contribution is 0.278. The Bertz CT molecular complexity index is 175. The van der Waals surface area contributed by atoms with Crippen LogP contribution in [0.2, 0.25) is 0 Å². The van der Waals surface area contributed by atoms with E-state index in [9.17, 15) is 0 Å². The molecule has 0 amide bonds. The van der Waals surface area contributed by atoms with E-state index in [4.69, 9.17) is 15.1 Å². The standard InChI is InChI=1S/C12H27P.BH3O3/c1-10(2,3)13(11(4,5)6)12(7,8)9;2-1(3)4/h1-9H3;2-4H. The summed E-state index contributed by atoms with van der Waals surface area (Å²) in [6, 6.07) is 0. The Morgan fingerprint density at radius 3 is 0.706 bits per heavy atom. The third-order valence-electron chi connectivity index (χ3n) is 2.01. The summed E-state index contributed by atoms with van der Waals surface area (Å²) in [6.45, 7) is 21.5. The van der Waals surface area contributed by atoms with Crippen molar-refractivity contribution in [2.45, 2.75) is 77.8 Å². The molecule has 5 heteroatoms. The molecule has 0 radical (unpaired) electrons. The molecule has 0 aliphatic rings. The molecule has 0 aromatic rings. The van der Waals surface area contributed by atoms with Crippen molar-refractivity contribution in [3.8, 4) is 0 Å². The van der Waals surface area contributed by atoms with E-state index in [1.807, 2.05) is 0 Å². The second-order valence-corrected chi connectivity index (χ2v) is 11.9. The molecule has 0 fully saturated rings. The van der Waals surface area contributed by atoms with Crippen molar-refractivity contribution in [1.29, 1.82) is 0 Å². The molecule has 0 atom stereocenters. The maximum Gasteiger partial charge on any atom is 0.631 e. The Morgan fingerprint density at radius 2 is 0.706 bits per heavy atom. The van der Waals surface area contributed by atoms with Crippen LogP contribution in [-0.4, -0.2) is 37.9 Å². The van der Waals surface area contributed by atoms with Crippen LogP contribution >= 0.6 is 7.92 Å². The minimum Gasteiger partial charge on any atom is -0.402 e. The predicted octanol–water partition coefficient (Wildman–Crippen LogP) is 2.81. The van der Waals surface area contributed by atoms with Gasteiger partial charge in [0.1, 0.15) is 0 Å². The second kappa shape index (κ2) is 6.52. The normalized spacial score (nSPS) is 13.2. The van der Waals surface area contributed by atoms with Crippen LogP contribution in [0.25, 0.3) is 0 Å². The van der Waals surface area contributed by atoms with Gasteiger partial charge in [0.15, 0.2) is 0 Å². The van der Waals surface area contributed by atoms with E-state index in [1.165, 1.54) is 0 Å². The van der Waals surface area contributed by atoms with Crippen LogP contribution in [0.4, 0.5) is 0 Å². The second-order valence-electron chi connectivity index (χ2n) is 7.19. The van der Waals surface area contributed by atoms with Gasteiger partial charge in [-0.3, -0.25) is 0 Å². The van der Waals surface area contributed by atoms with Crippen LogP contribution in [0.3, 0.4) is 0 Å². The van der Waals surface area contributed by atoms with Crippen LogP contribution in [0.1, 0.15) is 62.3 Å². The third kappa shape index (κ3) is 10.0. The number of hydrogen-bond donors (Lipinski definition) is 3. The van der Waals surface area contributed by atoms with Crippen molar-refractivity contribution in [3.63, 3.8) is 0 Å². The van der Waals surface area contributed by atoms with E-state index in [1.54, 1.807) is 0 Å². The Labute approximate surface area is 109 Å². The molecule has 0 spiro atoms. The van der Waals surface area contributed by atoms with Crippen molar-refractivity contribution >= 4 is 15.2 Å². The fourth-order valence-electron chi connectivity index (χ4n) is 3.02. The first-order valence-corrected chi connectivity index (χ1v) is 7.29. The molecule has 3 N–H and O–H groups in total. The maximum absolute atomic E-state index is 7.17. The van der Waals surface area contributed by atoms with Crippen molar-refractivity contribution in [3.05, 3.63) is 0 Å². The van der Waals surface area contributed by atoms with Gasteiger partial charge in [-0.25, -0.2) is 0 Å². The molecule has 3 nitrogen and oxygen atoms in total. The fraction of sp³-hybridized carbons (Fsp3) is 1.00. The summed E-state index contributed by atoms with van der Waals surface area (Å²) < 4.78 is 0. The minimum absolute atomic E-state index is 0.0162. The molecule has 104 valence electrons. The van der Waals surface area contributed by atoms with E-state index in [0.29, 0.717) is 15.5 Å². The van der Waals surface area contributed by atoms with Crippen molar-refractivity contribution in [1.82, 2.24) is 0 Å². The van der Waals surface area contributed by atoms with Crippen molar-refractivity contribution in [2.75, 3.05) is 0 Å². The van der Waals surface area contributed by atoms with Gasteiger partial charge < -0.3 is 15.1 Å². The fourth-order valence-corrected chi connectivity index (χ4v) is 9.06. The van der Waals surface area contributed by atoms with Crippen LogP contribution < -0.4 is 0 Å². The van der Waals surface area contributed by atoms with Crippen LogP contribution in [0, 0.1) is 0 Å². The van der Waals surface area contributed by atoms with Crippen molar-refractivity contribution in [2.24, 2.45) is 0 Å². The Hall–Kier alpha value is 0.375. The number of hydrogen-bond acceptors (Lipinski definition) is 3. The molecule has 0 aromatic carbocycles. The summed E-state index contributed by atoms with van der Waals surface area (Å²) in [5.41, 5.74) is 0. The molecule has 0 aliphatic heterocycles. The van der Waals surface area contributed by atoms with Gasteiger partial charge in [-0.05, 0) is 15.5 Å². The van der Waals surface area contributed by atoms with E-state index in [0.717, 1.165) is 0 Å². The van der Waals surface area contributed by atoms with E-state index >= 15 is 0 Å². The Balaban J connectivity index is 0. The molecular weight excluding hydrogens is 234 g/mol. The maximum atomic E-state index is 7.17. The predicted molar refractivity (Wildman–Crippen MR) is 78.6 cm³/mol.